The molecule has 0 aromatic rings. The van der Waals surface area contributed by atoms with Gasteiger partial charge >= 0.3 is 0 Å². The van der Waals surface area contributed by atoms with Gasteiger partial charge in [0.2, 0.25) is 11.8 Å². The monoisotopic (exact) mass is 272 g/mol. The molecule has 0 unspecified atom stereocenters. The first kappa shape index (κ1) is 15.9. The number of carbonyl (C=O) groups is 2. The minimum Gasteiger partial charge on any atom is -0.383 e. The lowest BCUT2D eigenvalue weighted by atomic mass is 10.1. The lowest BCUT2D eigenvalue weighted by Gasteiger charge is -2.24. The van der Waals surface area contributed by atoms with Crippen LogP contribution >= 0.6 is 0 Å². The first-order valence-electron chi connectivity index (χ1n) is 6.57. The van der Waals surface area contributed by atoms with Gasteiger partial charge in [-0.1, -0.05) is 0 Å². The fraction of sp³-hybridized carbons (Fsp3) is 0.846. The Hall–Kier alpha value is -1.14. The lowest BCUT2D eigenvalue weighted by Crippen LogP contribution is -2.42. The third kappa shape index (κ3) is 4.47. The summed E-state index contributed by atoms with van der Waals surface area (Å²) in [4.78, 5) is 25.6. The van der Waals surface area contributed by atoms with E-state index in [1.165, 1.54) is 0 Å². The van der Waals surface area contributed by atoms with E-state index in [0.717, 1.165) is 0 Å². The molecule has 110 valence electrons. The van der Waals surface area contributed by atoms with Gasteiger partial charge in [-0.05, 0) is 13.8 Å². The van der Waals surface area contributed by atoms with Gasteiger partial charge in [-0.2, -0.15) is 0 Å². The molecule has 0 saturated carbocycles. The molecule has 0 spiro atoms. The summed E-state index contributed by atoms with van der Waals surface area (Å²) in [5.74, 6) is -0.333. The number of hydrogen-bond acceptors (Lipinski definition) is 4. The third-order valence-corrected chi connectivity index (χ3v) is 3.27. The van der Waals surface area contributed by atoms with Gasteiger partial charge in [0.25, 0.3) is 0 Å². The third-order valence-electron chi connectivity index (χ3n) is 3.27. The van der Waals surface area contributed by atoms with E-state index in [1.807, 2.05) is 13.8 Å². The van der Waals surface area contributed by atoms with E-state index >= 15 is 0 Å². The van der Waals surface area contributed by atoms with Gasteiger partial charge in [0.05, 0.1) is 25.2 Å². The van der Waals surface area contributed by atoms with Gasteiger partial charge in [0, 0.05) is 33.2 Å². The van der Waals surface area contributed by atoms with Crippen molar-refractivity contribution in [2.24, 2.45) is 5.92 Å². The molecule has 1 N–H and O–H groups in total. The molecule has 1 saturated heterocycles. The molecule has 19 heavy (non-hydrogen) atoms. The summed E-state index contributed by atoms with van der Waals surface area (Å²) in [6.45, 7) is 5.23. The van der Waals surface area contributed by atoms with Crippen LogP contribution in [0.1, 0.15) is 20.3 Å². The summed E-state index contributed by atoms with van der Waals surface area (Å²) in [7, 11) is 3.20. The van der Waals surface area contributed by atoms with Crippen LogP contribution in [0.3, 0.4) is 0 Å². The zero-order chi connectivity index (χ0) is 14.4. The van der Waals surface area contributed by atoms with Crippen molar-refractivity contribution >= 4 is 11.8 Å². The molecule has 1 aliphatic heterocycles. The summed E-state index contributed by atoms with van der Waals surface area (Å²) in [5, 5.41) is 2.86. The molecule has 3 atom stereocenters. The number of nitrogens with one attached hydrogen (secondary N) is 1. The number of rotatable bonds is 7. The van der Waals surface area contributed by atoms with Gasteiger partial charge in [-0.15, -0.1) is 0 Å². The topological polar surface area (TPSA) is 67.9 Å². The fourth-order valence-corrected chi connectivity index (χ4v) is 2.32. The van der Waals surface area contributed by atoms with Crippen LogP contribution in [0.15, 0.2) is 0 Å². The van der Waals surface area contributed by atoms with E-state index < -0.39 is 0 Å². The van der Waals surface area contributed by atoms with Crippen molar-refractivity contribution < 1.29 is 19.1 Å². The highest BCUT2D eigenvalue weighted by molar-refractivity contribution is 5.89. The highest BCUT2D eigenvalue weighted by atomic mass is 16.5. The van der Waals surface area contributed by atoms with Crippen molar-refractivity contribution in [2.45, 2.75) is 32.4 Å². The van der Waals surface area contributed by atoms with Crippen LogP contribution in [0.2, 0.25) is 0 Å². The molecule has 0 radical (unpaired) electrons. The molecule has 1 rings (SSSR count). The van der Waals surface area contributed by atoms with Crippen molar-refractivity contribution in [1.29, 1.82) is 0 Å². The van der Waals surface area contributed by atoms with Crippen molar-refractivity contribution in [1.82, 2.24) is 10.2 Å². The second-order valence-electron chi connectivity index (χ2n) is 5.12. The van der Waals surface area contributed by atoms with Gasteiger partial charge in [-0.3, -0.25) is 9.59 Å². The molecule has 0 aromatic carbocycles. The molecule has 1 aliphatic rings. The second kappa shape index (κ2) is 7.45. The highest BCUT2D eigenvalue weighted by Gasteiger charge is 2.36. The summed E-state index contributed by atoms with van der Waals surface area (Å²) in [6, 6.07) is -0.0373. The Morgan fingerprint density at radius 3 is 2.58 bits per heavy atom. The Morgan fingerprint density at radius 2 is 2.00 bits per heavy atom. The van der Waals surface area contributed by atoms with Crippen LogP contribution in [-0.2, 0) is 19.1 Å². The molecule has 0 aliphatic carbocycles. The largest absolute Gasteiger partial charge is 0.383 e. The Morgan fingerprint density at radius 1 is 1.37 bits per heavy atom. The van der Waals surface area contributed by atoms with Gasteiger partial charge in [-0.25, -0.2) is 0 Å². The van der Waals surface area contributed by atoms with E-state index in [2.05, 4.69) is 5.32 Å². The van der Waals surface area contributed by atoms with Crippen molar-refractivity contribution in [3.05, 3.63) is 0 Å². The molecule has 6 heteroatoms. The number of ether oxygens (including phenoxy) is 2. The van der Waals surface area contributed by atoms with E-state index in [4.69, 9.17) is 9.47 Å². The first-order chi connectivity index (χ1) is 8.99. The zero-order valence-corrected chi connectivity index (χ0v) is 12.1. The van der Waals surface area contributed by atoms with Crippen molar-refractivity contribution in [2.75, 3.05) is 34.0 Å². The van der Waals surface area contributed by atoms with E-state index in [9.17, 15) is 9.59 Å². The average molecular weight is 272 g/mol. The predicted molar refractivity (Wildman–Crippen MR) is 70.6 cm³/mol. The minimum atomic E-state index is -0.272. The van der Waals surface area contributed by atoms with E-state index in [0.29, 0.717) is 19.8 Å². The fourth-order valence-electron chi connectivity index (χ4n) is 2.32. The molecule has 1 heterocycles. The molecular weight excluding hydrogens is 248 g/mol. The molecule has 0 bridgehead atoms. The SMILES string of the molecule is COC[C@@H](C)NC(=O)[C@H]1CC(=O)N([C@@H](C)COC)C1. The standard InChI is InChI=1S/C13H24N2O4/c1-9(7-18-3)14-13(17)11-5-12(16)15(6-11)10(2)8-19-4/h9-11H,5-8H2,1-4H3,(H,14,17)/t9-,10+,11+/m1/s1. The molecule has 6 nitrogen and oxygen atoms in total. The van der Waals surface area contributed by atoms with Crippen LogP contribution < -0.4 is 5.32 Å². The lowest BCUT2D eigenvalue weighted by molar-refractivity contribution is -0.131. The maximum absolute atomic E-state index is 12.0. The van der Waals surface area contributed by atoms with Gasteiger partial charge < -0.3 is 19.7 Å². The Balaban J connectivity index is 2.49. The van der Waals surface area contributed by atoms with Crippen LogP contribution in [0.25, 0.3) is 0 Å². The summed E-state index contributed by atoms with van der Waals surface area (Å²) < 4.78 is 10.0. The Labute approximate surface area is 114 Å². The number of hydrogen-bond donors (Lipinski definition) is 1. The number of carbonyl (C=O) groups excluding carboxylic acids is 2. The smallest absolute Gasteiger partial charge is 0.225 e. The normalized spacial score (nSPS) is 22.4. The Kier molecular flexibility index (Phi) is 6.24. The number of nitrogens with zero attached hydrogens (tertiary/aromatic N) is 1. The van der Waals surface area contributed by atoms with Crippen LogP contribution in [0.5, 0.6) is 0 Å². The molecule has 1 fully saturated rings. The molecule has 0 aromatic heterocycles. The number of amides is 2. The van der Waals surface area contributed by atoms with Crippen molar-refractivity contribution in [3.63, 3.8) is 0 Å². The highest BCUT2D eigenvalue weighted by Crippen LogP contribution is 2.20. The predicted octanol–water partition coefficient (Wildman–Crippen LogP) is 0.0209. The van der Waals surface area contributed by atoms with Gasteiger partial charge in [0.1, 0.15) is 0 Å². The van der Waals surface area contributed by atoms with Gasteiger partial charge in [0.15, 0.2) is 0 Å². The zero-order valence-electron chi connectivity index (χ0n) is 12.1. The maximum atomic E-state index is 12.0. The van der Waals surface area contributed by atoms with Crippen LogP contribution in [-0.4, -0.2) is 62.8 Å². The van der Waals surface area contributed by atoms with Crippen LogP contribution in [0.4, 0.5) is 0 Å². The first-order valence-corrected chi connectivity index (χ1v) is 6.57. The minimum absolute atomic E-state index is 0.00620. The number of methoxy groups -OCH3 is 2. The van der Waals surface area contributed by atoms with E-state index in [1.54, 1.807) is 19.1 Å². The maximum Gasteiger partial charge on any atom is 0.225 e. The summed E-state index contributed by atoms with van der Waals surface area (Å²) >= 11 is 0. The Bertz CT molecular complexity index is 322. The van der Waals surface area contributed by atoms with Crippen molar-refractivity contribution in [3.8, 4) is 0 Å². The second-order valence-corrected chi connectivity index (χ2v) is 5.12. The molecule has 2 amide bonds. The van der Waals surface area contributed by atoms with Crippen LogP contribution in [0, 0.1) is 5.92 Å². The molecular formula is C13H24N2O4. The van der Waals surface area contributed by atoms with E-state index in [-0.39, 0.29) is 36.2 Å². The summed E-state index contributed by atoms with van der Waals surface area (Å²) in [5.41, 5.74) is 0. The average Bonchev–Trinajstić information content (AvgIpc) is 2.72. The summed E-state index contributed by atoms with van der Waals surface area (Å²) in [6.07, 6.45) is 0.277. The number of likely N-dealkylation sites (tertiary alicyclic amines) is 1. The quantitative estimate of drug-likeness (QED) is 0.709.